The molecule has 2 nitrogen and oxygen atoms in total. The van der Waals surface area contributed by atoms with E-state index in [1.807, 2.05) is 0 Å². The van der Waals surface area contributed by atoms with Gasteiger partial charge in [-0.05, 0) is 107 Å². The maximum atomic E-state index is 2.58. The van der Waals surface area contributed by atoms with Gasteiger partial charge in [-0.15, -0.1) is 0 Å². The molecule has 0 spiro atoms. The summed E-state index contributed by atoms with van der Waals surface area (Å²) in [5.74, 6) is 0. The van der Waals surface area contributed by atoms with Crippen LogP contribution < -0.4 is 20.7 Å². The Balaban J connectivity index is 1.10. The smallest absolute Gasteiger partial charge is 0.179 e. The molecule has 0 saturated carbocycles. The van der Waals surface area contributed by atoms with Crippen LogP contribution in [0.25, 0.3) is 98.4 Å². The zero-order valence-corrected chi connectivity index (χ0v) is 38.8. The van der Waals surface area contributed by atoms with Gasteiger partial charge in [-0.3, -0.25) is 0 Å². The van der Waals surface area contributed by atoms with Crippen molar-refractivity contribution in [2.24, 2.45) is 0 Å². The number of nitrogens with zero attached hydrogens (tertiary/aromatic N) is 2. The molecule has 3 heteroatoms. The molecule has 0 aliphatic rings. The molecule has 14 rings (SSSR count). The third-order valence-electron chi connectivity index (χ3n) is 14.8. The van der Waals surface area contributed by atoms with E-state index in [0.29, 0.717) is 0 Å². The molecule has 2 aromatic heterocycles. The number of rotatable bonds is 7. The molecule has 0 saturated heterocycles. The first-order valence-electron chi connectivity index (χ1n) is 23.9. The number of hydrogen-bond donors (Lipinski definition) is 0. The summed E-state index contributed by atoms with van der Waals surface area (Å²) < 4.78 is 4.97. The van der Waals surface area contributed by atoms with Crippen LogP contribution in [0.15, 0.2) is 267 Å². The van der Waals surface area contributed by atoms with Crippen molar-refractivity contribution in [2.45, 2.75) is 0 Å². The van der Waals surface area contributed by atoms with Crippen molar-refractivity contribution in [3.8, 4) is 22.5 Å². The standard InChI is InChI=1S/C66H44N2Si/c1-5-20-45(21-6-1)46-22-19-23-47(42-46)67-61-35-18-17-33-56(61)59-43-48(36-39-62(59)67)68-63-40-37-52(69(49-24-7-2-8-25-49,50-26-9-3-10-27-50)51-28-11-4-12-29-51)44-60(63)66-64(68)41-38-58-55-32-14-13-30-53(55)54-31-15-16-34-57(54)65(58)66/h1-44H. The Labute approximate surface area is 401 Å². The zero-order valence-electron chi connectivity index (χ0n) is 37.8. The van der Waals surface area contributed by atoms with Crippen LogP contribution in [-0.4, -0.2) is 17.2 Å². The second-order valence-corrected chi connectivity index (χ2v) is 22.2. The molecule has 0 bridgehead atoms. The maximum Gasteiger partial charge on any atom is 0.179 e. The van der Waals surface area contributed by atoms with E-state index in [2.05, 4.69) is 276 Å². The maximum absolute atomic E-state index is 2.87. The first-order valence-corrected chi connectivity index (χ1v) is 25.9. The number of aromatic nitrogens is 2. The lowest BCUT2D eigenvalue weighted by molar-refractivity contribution is 1.17. The fraction of sp³-hybridized carbons (Fsp3) is 0. The summed E-state index contributed by atoms with van der Waals surface area (Å²) in [5, 5.41) is 18.1. The fourth-order valence-corrected chi connectivity index (χ4v) is 16.7. The van der Waals surface area contributed by atoms with E-state index in [1.54, 1.807) is 0 Å². The van der Waals surface area contributed by atoms with Gasteiger partial charge in [0.2, 0.25) is 0 Å². The van der Waals surface area contributed by atoms with Gasteiger partial charge in [0.15, 0.2) is 8.07 Å². The van der Waals surface area contributed by atoms with E-state index in [1.165, 1.54) is 108 Å². The third kappa shape index (κ3) is 5.91. The Kier molecular flexibility index (Phi) is 8.95. The molecule has 0 aliphatic heterocycles. The molecule has 322 valence electrons. The van der Waals surface area contributed by atoms with E-state index in [9.17, 15) is 0 Å². The highest BCUT2D eigenvalue weighted by Crippen LogP contribution is 2.44. The van der Waals surface area contributed by atoms with Gasteiger partial charge in [0.1, 0.15) is 0 Å². The highest BCUT2D eigenvalue weighted by atomic mass is 28.3. The summed E-state index contributed by atoms with van der Waals surface area (Å²) >= 11 is 0. The van der Waals surface area contributed by atoms with Gasteiger partial charge in [0.25, 0.3) is 0 Å². The Morgan fingerprint density at radius 3 is 1.32 bits per heavy atom. The van der Waals surface area contributed by atoms with Gasteiger partial charge in [-0.1, -0.05) is 218 Å². The Morgan fingerprint density at radius 1 is 0.217 bits per heavy atom. The van der Waals surface area contributed by atoms with Crippen molar-refractivity contribution in [3.63, 3.8) is 0 Å². The van der Waals surface area contributed by atoms with Crippen molar-refractivity contribution in [2.75, 3.05) is 0 Å². The monoisotopic (exact) mass is 892 g/mol. The quantitative estimate of drug-likeness (QED) is 0.0857. The van der Waals surface area contributed by atoms with Crippen LogP contribution in [0.1, 0.15) is 0 Å². The topological polar surface area (TPSA) is 9.86 Å². The predicted molar refractivity (Wildman–Crippen MR) is 297 cm³/mol. The zero-order chi connectivity index (χ0) is 45.5. The van der Waals surface area contributed by atoms with Crippen molar-refractivity contribution < 1.29 is 0 Å². The summed E-state index contributed by atoms with van der Waals surface area (Å²) in [6, 6.07) is 99.7. The largest absolute Gasteiger partial charge is 0.309 e. The van der Waals surface area contributed by atoms with Crippen LogP contribution in [0.3, 0.4) is 0 Å². The number of benzene rings is 12. The molecule has 12 aromatic carbocycles. The number of hydrogen-bond acceptors (Lipinski definition) is 0. The lowest BCUT2D eigenvalue weighted by atomic mass is 9.92. The summed E-state index contributed by atoms with van der Waals surface area (Å²) in [7, 11) is -2.87. The molecule has 2 heterocycles. The minimum atomic E-state index is -2.87. The summed E-state index contributed by atoms with van der Waals surface area (Å²) in [6.07, 6.45) is 0. The van der Waals surface area contributed by atoms with E-state index < -0.39 is 8.07 Å². The lowest BCUT2D eigenvalue weighted by Crippen LogP contribution is -2.74. The second kappa shape index (κ2) is 15.7. The Morgan fingerprint density at radius 2 is 0.667 bits per heavy atom. The van der Waals surface area contributed by atoms with Crippen LogP contribution in [0.4, 0.5) is 0 Å². The average molecular weight is 893 g/mol. The third-order valence-corrected chi connectivity index (χ3v) is 19.6. The Hall–Kier alpha value is -8.76. The normalized spacial score (nSPS) is 12.1. The van der Waals surface area contributed by atoms with Crippen LogP contribution in [0.5, 0.6) is 0 Å². The van der Waals surface area contributed by atoms with Crippen LogP contribution in [0.2, 0.25) is 0 Å². The minimum absolute atomic E-state index is 1.14. The first kappa shape index (κ1) is 39.4. The summed E-state index contributed by atoms with van der Waals surface area (Å²) in [4.78, 5) is 0. The van der Waals surface area contributed by atoms with Crippen LogP contribution in [0, 0.1) is 0 Å². The molecule has 0 unspecified atom stereocenters. The Bertz CT molecular complexity index is 4150. The molecule has 0 fully saturated rings. The summed E-state index contributed by atoms with van der Waals surface area (Å²) in [6.45, 7) is 0. The molecule has 14 aromatic rings. The SMILES string of the molecule is c1ccc(-c2cccc(-n3c4ccccc4c4cc(-n5c6ccc([Si](c7ccccc7)(c7ccccc7)c7ccccc7)cc6c6c7c8ccccc8c8ccccc8c7ccc65)ccc43)c2)cc1. The van der Waals surface area contributed by atoms with E-state index >= 15 is 0 Å². The van der Waals surface area contributed by atoms with Gasteiger partial charge in [0.05, 0.1) is 22.1 Å². The molecule has 0 radical (unpaired) electrons. The predicted octanol–water partition coefficient (Wildman–Crippen LogP) is 14.4. The minimum Gasteiger partial charge on any atom is -0.309 e. The lowest BCUT2D eigenvalue weighted by Gasteiger charge is -2.34. The highest BCUT2D eigenvalue weighted by Gasteiger charge is 2.41. The van der Waals surface area contributed by atoms with E-state index in [-0.39, 0.29) is 0 Å². The molecule has 0 aliphatic carbocycles. The molecule has 0 atom stereocenters. The van der Waals surface area contributed by atoms with Gasteiger partial charge in [-0.25, -0.2) is 0 Å². The van der Waals surface area contributed by atoms with Crippen molar-refractivity contribution >= 4 is 105 Å². The van der Waals surface area contributed by atoms with E-state index in [0.717, 1.165) is 11.4 Å². The van der Waals surface area contributed by atoms with E-state index in [4.69, 9.17) is 0 Å². The van der Waals surface area contributed by atoms with Gasteiger partial charge in [0, 0.05) is 38.3 Å². The molecule has 69 heavy (non-hydrogen) atoms. The average Bonchev–Trinajstić information content (AvgIpc) is 3.94. The van der Waals surface area contributed by atoms with Gasteiger partial charge < -0.3 is 9.13 Å². The first-order chi connectivity index (χ1) is 34.3. The van der Waals surface area contributed by atoms with Crippen LogP contribution in [-0.2, 0) is 0 Å². The molecular formula is C66H44N2Si. The highest BCUT2D eigenvalue weighted by molar-refractivity contribution is 7.20. The molecule has 0 N–H and O–H groups in total. The summed E-state index contributed by atoms with van der Waals surface area (Å²) in [5.41, 5.74) is 9.45. The fourth-order valence-electron chi connectivity index (χ4n) is 11.9. The van der Waals surface area contributed by atoms with Crippen LogP contribution >= 0.6 is 0 Å². The number of para-hydroxylation sites is 1. The molecular weight excluding hydrogens is 849 g/mol. The second-order valence-electron chi connectivity index (χ2n) is 18.4. The number of fused-ring (bicyclic) bond motifs is 13. The van der Waals surface area contributed by atoms with Crippen molar-refractivity contribution in [3.05, 3.63) is 267 Å². The van der Waals surface area contributed by atoms with Crippen molar-refractivity contribution in [1.29, 1.82) is 0 Å². The van der Waals surface area contributed by atoms with Crippen molar-refractivity contribution in [1.82, 2.24) is 9.13 Å². The van der Waals surface area contributed by atoms with Gasteiger partial charge >= 0.3 is 0 Å². The molecule has 0 amide bonds. The van der Waals surface area contributed by atoms with Gasteiger partial charge in [-0.2, -0.15) is 0 Å².